The number of nitrogens with one attached hydrogen (secondary N) is 2. The number of aromatic nitrogens is 3. The van der Waals surface area contributed by atoms with E-state index in [1.54, 1.807) is 0 Å². The number of amides is 1. The van der Waals surface area contributed by atoms with Crippen molar-refractivity contribution in [3.8, 4) is 0 Å². The van der Waals surface area contributed by atoms with Gasteiger partial charge >= 0.3 is 0 Å². The number of nitrogens with two attached hydrogens (primary N) is 1. The van der Waals surface area contributed by atoms with Crippen LogP contribution in [-0.4, -0.2) is 27.1 Å². The molecule has 15 heavy (non-hydrogen) atoms. The molecule has 1 rings (SSSR count). The van der Waals surface area contributed by atoms with Crippen molar-refractivity contribution >= 4 is 5.91 Å². The molecule has 0 saturated carbocycles. The van der Waals surface area contributed by atoms with Crippen molar-refractivity contribution in [2.75, 3.05) is 0 Å². The van der Waals surface area contributed by atoms with Gasteiger partial charge in [0.25, 0.3) is 0 Å². The van der Waals surface area contributed by atoms with Crippen LogP contribution in [0.3, 0.4) is 0 Å². The van der Waals surface area contributed by atoms with E-state index in [1.807, 2.05) is 6.92 Å². The lowest BCUT2D eigenvalue weighted by molar-refractivity contribution is -0.121. The van der Waals surface area contributed by atoms with E-state index in [0.29, 0.717) is 18.8 Å². The van der Waals surface area contributed by atoms with Gasteiger partial charge in [0.15, 0.2) is 0 Å². The van der Waals surface area contributed by atoms with E-state index in [2.05, 4.69) is 20.5 Å². The molecule has 6 heteroatoms. The van der Waals surface area contributed by atoms with E-state index in [-0.39, 0.29) is 11.9 Å². The number of aromatic amines is 1. The van der Waals surface area contributed by atoms with Crippen molar-refractivity contribution in [1.82, 2.24) is 20.5 Å². The molecule has 1 aromatic rings. The molecular formula is C9H17N5O. The maximum absolute atomic E-state index is 11.3. The topological polar surface area (TPSA) is 96.7 Å². The molecule has 1 unspecified atom stereocenters. The second-order valence-electron chi connectivity index (χ2n) is 3.58. The van der Waals surface area contributed by atoms with Gasteiger partial charge in [-0.15, -0.1) is 0 Å². The zero-order valence-corrected chi connectivity index (χ0v) is 8.86. The zero-order valence-electron chi connectivity index (χ0n) is 8.86. The Kier molecular flexibility index (Phi) is 4.76. The van der Waals surface area contributed by atoms with E-state index >= 15 is 0 Å². The molecule has 1 heterocycles. The van der Waals surface area contributed by atoms with Gasteiger partial charge in [-0.3, -0.25) is 9.89 Å². The highest BCUT2D eigenvalue weighted by molar-refractivity contribution is 5.75. The lowest BCUT2D eigenvalue weighted by atomic mass is 10.1. The van der Waals surface area contributed by atoms with Crippen molar-refractivity contribution in [3.05, 3.63) is 12.2 Å². The monoisotopic (exact) mass is 211 g/mol. The fourth-order valence-corrected chi connectivity index (χ4v) is 1.17. The van der Waals surface area contributed by atoms with Gasteiger partial charge in [0.05, 0.1) is 6.54 Å². The minimum Gasteiger partial charge on any atom is -0.349 e. The molecule has 0 fully saturated rings. The fourth-order valence-electron chi connectivity index (χ4n) is 1.17. The number of hydrogen-bond acceptors (Lipinski definition) is 4. The second kappa shape index (κ2) is 6.13. The summed E-state index contributed by atoms with van der Waals surface area (Å²) < 4.78 is 0. The molecule has 0 saturated heterocycles. The smallest absolute Gasteiger partial charge is 0.220 e. The summed E-state index contributed by atoms with van der Waals surface area (Å²) in [5.74, 6) is 0.683. The Morgan fingerprint density at radius 1 is 1.73 bits per heavy atom. The quantitative estimate of drug-likeness (QED) is 0.614. The summed E-state index contributed by atoms with van der Waals surface area (Å²) in [5.41, 5.74) is 5.57. The summed E-state index contributed by atoms with van der Waals surface area (Å²) in [4.78, 5) is 15.2. The van der Waals surface area contributed by atoms with E-state index < -0.39 is 0 Å². The average molecular weight is 211 g/mol. The van der Waals surface area contributed by atoms with Crippen LogP contribution in [0.2, 0.25) is 0 Å². The van der Waals surface area contributed by atoms with Crippen LogP contribution in [0.15, 0.2) is 6.33 Å². The zero-order chi connectivity index (χ0) is 11.1. The van der Waals surface area contributed by atoms with Crippen LogP contribution < -0.4 is 11.1 Å². The van der Waals surface area contributed by atoms with E-state index in [4.69, 9.17) is 5.73 Å². The molecule has 0 aliphatic carbocycles. The first-order chi connectivity index (χ1) is 7.18. The predicted molar refractivity (Wildman–Crippen MR) is 55.7 cm³/mol. The maximum atomic E-state index is 11.3. The SMILES string of the molecule is CC(N)CCCC(=O)NCc1ncn[nH]1. The molecule has 6 nitrogen and oxygen atoms in total. The van der Waals surface area contributed by atoms with Crippen LogP contribution in [0.1, 0.15) is 32.0 Å². The molecule has 1 atom stereocenters. The maximum Gasteiger partial charge on any atom is 0.220 e. The Morgan fingerprint density at radius 3 is 3.13 bits per heavy atom. The van der Waals surface area contributed by atoms with Crippen LogP contribution in [0.25, 0.3) is 0 Å². The average Bonchev–Trinajstić information content (AvgIpc) is 2.66. The first-order valence-electron chi connectivity index (χ1n) is 5.05. The Morgan fingerprint density at radius 2 is 2.53 bits per heavy atom. The molecule has 0 spiro atoms. The highest BCUT2D eigenvalue weighted by Gasteiger charge is 2.03. The van der Waals surface area contributed by atoms with E-state index in [1.165, 1.54) is 6.33 Å². The third-order valence-electron chi connectivity index (χ3n) is 1.98. The molecule has 0 radical (unpaired) electrons. The van der Waals surface area contributed by atoms with Crippen molar-refractivity contribution in [2.45, 2.75) is 38.8 Å². The first kappa shape index (κ1) is 11.6. The van der Waals surface area contributed by atoms with Gasteiger partial charge < -0.3 is 11.1 Å². The Bertz CT molecular complexity index is 283. The number of nitrogens with zero attached hydrogens (tertiary/aromatic N) is 2. The first-order valence-corrected chi connectivity index (χ1v) is 5.05. The molecule has 1 amide bonds. The van der Waals surface area contributed by atoms with Crippen LogP contribution >= 0.6 is 0 Å². The molecule has 4 N–H and O–H groups in total. The molecule has 0 aromatic carbocycles. The minimum atomic E-state index is 0.0204. The van der Waals surface area contributed by atoms with E-state index in [0.717, 1.165) is 12.8 Å². The summed E-state index contributed by atoms with van der Waals surface area (Å²) in [6.07, 6.45) is 3.61. The third kappa shape index (κ3) is 5.11. The number of carbonyl (C=O) groups excluding carboxylic acids is 1. The van der Waals surface area contributed by atoms with Gasteiger partial charge in [0, 0.05) is 12.5 Å². The standard InChI is InChI=1S/C9H17N5O/c1-7(10)3-2-4-9(15)11-5-8-12-6-13-14-8/h6-7H,2-5,10H2,1H3,(H,11,15)(H,12,13,14). The molecule has 0 aliphatic rings. The van der Waals surface area contributed by atoms with Gasteiger partial charge in [0.2, 0.25) is 5.91 Å². The fraction of sp³-hybridized carbons (Fsp3) is 0.667. The molecule has 0 bridgehead atoms. The van der Waals surface area contributed by atoms with Crippen molar-refractivity contribution in [1.29, 1.82) is 0 Å². The number of carbonyl (C=O) groups is 1. The number of hydrogen-bond donors (Lipinski definition) is 3. The Balaban J connectivity index is 2.09. The molecular weight excluding hydrogens is 194 g/mol. The van der Waals surface area contributed by atoms with Crippen molar-refractivity contribution in [2.24, 2.45) is 5.73 Å². The normalized spacial score (nSPS) is 12.4. The van der Waals surface area contributed by atoms with E-state index in [9.17, 15) is 4.79 Å². The highest BCUT2D eigenvalue weighted by Crippen LogP contribution is 1.98. The second-order valence-corrected chi connectivity index (χ2v) is 3.58. The summed E-state index contributed by atoms with van der Waals surface area (Å²) in [5, 5.41) is 9.10. The lowest BCUT2D eigenvalue weighted by Crippen LogP contribution is -2.24. The predicted octanol–water partition coefficient (Wildman–Crippen LogP) is -0.0616. The Labute approximate surface area is 88.7 Å². The Hall–Kier alpha value is -1.43. The third-order valence-corrected chi connectivity index (χ3v) is 1.98. The van der Waals surface area contributed by atoms with Gasteiger partial charge in [-0.1, -0.05) is 0 Å². The highest BCUT2D eigenvalue weighted by atomic mass is 16.1. The van der Waals surface area contributed by atoms with Crippen molar-refractivity contribution in [3.63, 3.8) is 0 Å². The number of rotatable bonds is 6. The molecule has 84 valence electrons. The van der Waals surface area contributed by atoms with Crippen LogP contribution in [0.5, 0.6) is 0 Å². The molecule has 1 aromatic heterocycles. The molecule has 0 aliphatic heterocycles. The number of H-pyrrole nitrogens is 1. The van der Waals surface area contributed by atoms with Crippen molar-refractivity contribution < 1.29 is 4.79 Å². The minimum absolute atomic E-state index is 0.0204. The van der Waals surface area contributed by atoms with Crippen LogP contribution in [0.4, 0.5) is 0 Å². The lowest BCUT2D eigenvalue weighted by Gasteiger charge is -2.05. The van der Waals surface area contributed by atoms with Crippen LogP contribution in [0, 0.1) is 0 Å². The summed E-state index contributed by atoms with van der Waals surface area (Å²) in [7, 11) is 0. The van der Waals surface area contributed by atoms with Gasteiger partial charge in [-0.05, 0) is 19.8 Å². The van der Waals surface area contributed by atoms with Crippen LogP contribution in [-0.2, 0) is 11.3 Å². The largest absolute Gasteiger partial charge is 0.349 e. The van der Waals surface area contributed by atoms with Gasteiger partial charge in [0.1, 0.15) is 12.2 Å². The van der Waals surface area contributed by atoms with Gasteiger partial charge in [-0.25, -0.2) is 4.98 Å². The summed E-state index contributed by atoms with van der Waals surface area (Å²) in [6.45, 7) is 2.34. The van der Waals surface area contributed by atoms with Gasteiger partial charge in [-0.2, -0.15) is 5.10 Å². The summed E-state index contributed by atoms with van der Waals surface area (Å²) in [6, 6.07) is 0.159. The summed E-state index contributed by atoms with van der Waals surface area (Å²) >= 11 is 0.